The molecule has 3 heterocycles. The zero-order valence-corrected chi connectivity index (χ0v) is 9.99. The molecule has 0 saturated carbocycles. The molecule has 3 rings (SSSR count). The topological polar surface area (TPSA) is 96.3 Å². The number of hydrogen-bond donors (Lipinski definition) is 2. The molecule has 10 heteroatoms. The van der Waals surface area contributed by atoms with E-state index in [-0.39, 0.29) is 17.4 Å². The van der Waals surface area contributed by atoms with Crippen LogP contribution < -0.4 is 0 Å². The number of H-pyrrole nitrogens is 2. The Hall–Kier alpha value is -2.65. The van der Waals surface area contributed by atoms with Gasteiger partial charge >= 0.3 is 6.18 Å². The predicted molar refractivity (Wildman–Crippen MR) is 59.2 cm³/mol. The van der Waals surface area contributed by atoms with Gasteiger partial charge in [-0.1, -0.05) is 5.16 Å². The van der Waals surface area contributed by atoms with Gasteiger partial charge in [-0.25, -0.2) is 4.98 Å². The maximum Gasteiger partial charge on any atom is 0.420 e. The van der Waals surface area contributed by atoms with Crippen molar-refractivity contribution in [1.82, 2.24) is 30.3 Å². The lowest BCUT2D eigenvalue weighted by Crippen LogP contribution is -2.05. The lowest BCUT2D eigenvalue weighted by atomic mass is 10.2. The average Bonchev–Trinajstić information content (AvgIpc) is 3.06. The summed E-state index contributed by atoms with van der Waals surface area (Å²) in [5.74, 6) is 0.0697. The Morgan fingerprint density at radius 2 is 2.05 bits per heavy atom. The van der Waals surface area contributed by atoms with E-state index in [0.29, 0.717) is 12.0 Å². The number of rotatable bonds is 2. The van der Waals surface area contributed by atoms with Gasteiger partial charge in [0.05, 0.1) is 6.20 Å². The second-order valence-electron chi connectivity index (χ2n) is 3.99. The van der Waals surface area contributed by atoms with Crippen LogP contribution in [-0.4, -0.2) is 30.3 Å². The minimum atomic E-state index is -4.56. The van der Waals surface area contributed by atoms with Crippen molar-refractivity contribution in [2.45, 2.75) is 13.1 Å². The van der Waals surface area contributed by atoms with E-state index < -0.39 is 11.7 Å². The highest BCUT2D eigenvalue weighted by atomic mass is 19.4. The second-order valence-corrected chi connectivity index (χ2v) is 3.99. The van der Waals surface area contributed by atoms with Crippen molar-refractivity contribution in [1.29, 1.82) is 0 Å². The second kappa shape index (κ2) is 4.18. The highest BCUT2D eigenvalue weighted by Crippen LogP contribution is 2.35. The van der Waals surface area contributed by atoms with Gasteiger partial charge in [0.25, 0.3) is 5.89 Å². The summed E-state index contributed by atoms with van der Waals surface area (Å²) in [6, 6.07) is 0. The molecule has 0 fully saturated rings. The number of alkyl halides is 3. The fraction of sp³-hybridized carbons (Fsp3) is 0.200. The van der Waals surface area contributed by atoms with Crippen LogP contribution in [0.3, 0.4) is 0 Å². The van der Waals surface area contributed by atoms with Crippen molar-refractivity contribution >= 4 is 0 Å². The predicted octanol–water partition coefficient (Wildman–Crippen LogP) is 2.18. The molecule has 0 aliphatic carbocycles. The van der Waals surface area contributed by atoms with Crippen molar-refractivity contribution in [3.8, 4) is 23.2 Å². The molecule has 0 amide bonds. The lowest BCUT2D eigenvalue weighted by Gasteiger charge is -2.03. The van der Waals surface area contributed by atoms with E-state index in [9.17, 15) is 13.2 Å². The fourth-order valence-corrected chi connectivity index (χ4v) is 1.61. The van der Waals surface area contributed by atoms with Crippen molar-refractivity contribution in [2.75, 3.05) is 0 Å². The number of nitrogens with one attached hydrogen (secondary N) is 2. The maximum absolute atomic E-state index is 12.7. The number of halogens is 3. The normalized spacial score (nSPS) is 12.0. The highest BCUT2D eigenvalue weighted by Gasteiger charge is 2.37. The van der Waals surface area contributed by atoms with E-state index in [1.807, 2.05) is 0 Å². The molecule has 3 aromatic heterocycles. The molecular weight excluding hydrogens is 277 g/mol. The molecule has 0 saturated heterocycles. The lowest BCUT2D eigenvalue weighted by molar-refractivity contribution is -0.137. The van der Waals surface area contributed by atoms with Gasteiger partial charge < -0.3 is 9.51 Å². The quantitative estimate of drug-likeness (QED) is 0.751. The van der Waals surface area contributed by atoms with Gasteiger partial charge in [0, 0.05) is 11.9 Å². The number of aromatic amines is 2. The molecule has 0 aliphatic heterocycles. The van der Waals surface area contributed by atoms with Gasteiger partial charge in [-0.2, -0.15) is 23.3 Å². The van der Waals surface area contributed by atoms with Crippen LogP contribution in [0.4, 0.5) is 13.2 Å². The van der Waals surface area contributed by atoms with E-state index in [1.54, 1.807) is 13.1 Å². The summed E-state index contributed by atoms with van der Waals surface area (Å²) in [5, 5.41) is 9.14. The summed E-state index contributed by atoms with van der Waals surface area (Å²) in [4.78, 5) is 10.7. The molecule has 0 radical (unpaired) electrons. The van der Waals surface area contributed by atoms with Gasteiger partial charge in [0.1, 0.15) is 11.3 Å². The zero-order chi connectivity index (χ0) is 14.3. The number of aromatic nitrogens is 6. The third-order valence-electron chi connectivity index (χ3n) is 2.50. The number of imidazole rings is 1. The fourth-order valence-electron chi connectivity index (χ4n) is 1.61. The van der Waals surface area contributed by atoms with Crippen LogP contribution in [0.15, 0.2) is 16.9 Å². The summed E-state index contributed by atoms with van der Waals surface area (Å²) in [5.41, 5.74) is -0.577. The van der Waals surface area contributed by atoms with Gasteiger partial charge in [-0.15, -0.1) is 0 Å². The molecule has 0 bridgehead atoms. The Morgan fingerprint density at radius 3 is 2.70 bits per heavy atom. The summed E-state index contributed by atoms with van der Waals surface area (Å²) >= 11 is 0. The molecular formula is C10H7F3N6O. The van der Waals surface area contributed by atoms with Crippen LogP contribution in [0.5, 0.6) is 0 Å². The Kier molecular flexibility index (Phi) is 2.59. The highest BCUT2D eigenvalue weighted by molar-refractivity contribution is 5.56. The van der Waals surface area contributed by atoms with Crippen LogP contribution in [0.25, 0.3) is 23.2 Å². The Balaban J connectivity index is 2.01. The first-order valence-corrected chi connectivity index (χ1v) is 5.42. The van der Waals surface area contributed by atoms with Crippen LogP contribution in [0, 0.1) is 6.92 Å². The van der Waals surface area contributed by atoms with Crippen LogP contribution in [-0.2, 0) is 6.18 Å². The Morgan fingerprint density at radius 1 is 1.25 bits per heavy atom. The minimum absolute atomic E-state index is 0.0656. The van der Waals surface area contributed by atoms with E-state index in [2.05, 4.69) is 30.3 Å². The monoisotopic (exact) mass is 284 g/mol. The zero-order valence-electron chi connectivity index (χ0n) is 9.99. The van der Waals surface area contributed by atoms with E-state index >= 15 is 0 Å². The van der Waals surface area contributed by atoms with Crippen LogP contribution >= 0.6 is 0 Å². The summed E-state index contributed by atoms with van der Waals surface area (Å²) in [6.45, 7) is 1.77. The van der Waals surface area contributed by atoms with Gasteiger partial charge in [-0.3, -0.25) is 5.10 Å². The third kappa shape index (κ3) is 2.04. The Labute approximate surface area is 109 Å². The van der Waals surface area contributed by atoms with Crippen molar-refractivity contribution in [3.05, 3.63) is 23.7 Å². The van der Waals surface area contributed by atoms with Crippen molar-refractivity contribution in [2.24, 2.45) is 0 Å². The maximum atomic E-state index is 12.7. The van der Waals surface area contributed by atoms with Gasteiger partial charge in [-0.05, 0) is 6.92 Å². The smallest absolute Gasteiger partial charge is 0.339 e. The third-order valence-corrected chi connectivity index (χ3v) is 2.50. The largest absolute Gasteiger partial charge is 0.420 e. The van der Waals surface area contributed by atoms with E-state index in [1.165, 1.54) is 0 Å². The van der Waals surface area contributed by atoms with E-state index in [4.69, 9.17) is 4.52 Å². The summed E-state index contributed by atoms with van der Waals surface area (Å²) in [6.07, 6.45) is -2.35. The molecule has 3 aromatic rings. The molecule has 0 aromatic carbocycles. The van der Waals surface area contributed by atoms with Crippen molar-refractivity contribution in [3.63, 3.8) is 0 Å². The molecule has 7 nitrogen and oxygen atoms in total. The molecule has 20 heavy (non-hydrogen) atoms. The molecule has 0 atom stereocenters. The number of nitrogens with zero attached hydrogens (tertiary/aromatic N) is 4. The first-order chi connectivity index (χ1) is 9.45. The standard InChI is InChI=1S/C10H7F3N6O/c1-4-2-14-7(16-4)8-17-9(20-19-8)6-5(3-15-18-6)10(11,12)13/h2-3H,1H3,(H,14,16)(H,15,18). The first-order valence-electron chi connectivity index (χ1n) is 5.42. The van der Waals surface area contributed by atoms with Crippen LogP contribution in [0.2, 0.25) is 0 Å². The molecule has 2 N–H and O–H groups in total. The summed E-state index contributed by atoms with van der Waals surface area (Å²) in [7, 11) is 0. The number of aryl methyl sites for hydroxylation is 1. The number of hydrogen-bond acceptors (Lipinski definition) is 5. The molecule has 0 spiro atoms. The minimum Gasteiger partial charge on any atom is -0.339 e. The first kappa shape index (κ1) is 12.4. The molecule has 0 unspecified atom stereocenters. The SMILES string of the molecule is Cc1cnc(-c2noc(-c3[nH]ncc3C(F)(F)F)n2)[nH]1. The molecule has 104 valence electrons. The summed E-state index contributed by atoms with van der Waals surface area (Å²) < 4.78 is 43.0. The Bertz CT molecular complexity index is 740. The van der Waals surface area contributed by atoms with Gasteiger partial charge in [0.15, 0.2) is 5.82 Å². The van der Waals surface area contributed by atoms with Gasteiger partial charge in [0.2, 0.25) is 5.82 Å². The molecule has 0 aliphatic rings. The van der Waals surface area contributed by atoms with Crippen LogP contribution in [0.1, 0.15) is 11.3 Å². The van der Waals surface area contributed by atoms with Crippen molar-refractivity contribution < 1.29 is 17.7 Å². The average molecular weight is 284 g/mol. The van der Waals surface area contributed by atoms with E-state index in [0.717, 1.165) is 5.69 Å².